The molecular weight excluding hydrogens is 264 g/mol. The lowest BCUT2D eigenvalue weighted by atomic mass is 9.78. The van der Waals surface area contributed by atoms with Crippen LogP contribution in [0.4, 0.5) is 0 Å². The molecule has 0 spiro atoms. The predicted molar refractivity (Wildman–Crippen MR) is 89.6 cm³/mol. The Morgan fingerprint density at radius 2 is 1.55 bits per heavy atom. The maximum atomic E-state index is 6.26. The van der Waals surface area contributed by atoms with Gasteiger partial charge in [-0.25, -0.2) is 0 Å². The van der Waals surface area contributed by atoms with Gasteiger partial charge in [-0.05, 0) is 61.3 Å². The third-order valence-electron chi connectivity index (χ3n) is 5.10. The molecule has 0 nitrogen and oxygen atoms in total. The molecule has 112 valence electrons. The zero-order chi connectivity index (χ0) is 14.5. The highest BCUT2D eigenvalue weighted by Crippen LogP contribution is 2.34. The molecule has 2 rings (SSSR count). The van der Waals surface area contributed by atoms with Crippen molar-refractivity contribution < 1.29 is 0 Å². The molecule has 0 heterocycles. The first kappa shape index (κ1) is 15.9. The third kappa shape index (κ3) is 4.25. The minimum atomic E-state index is 0.928. The van der Waals surface area contributed by atoms with Crippen LogP contribution in [0.2, 0.25) is 5.02 Å². The number of benzene rings is 1. The van der Waals surface area contributed by atoms with E-state index in [4.69, 9.17) is 11.6 Å². The molecule has 1 fully saturated rings. The van der Waals surface area contributed by atoms with Crippen molar-refractivity contribution in [3.05, 3.63) is 33.8 Å². The first-order chi connectivity index (χ1) is 9.60. The van der Waals surface area contributed by atoms with E-state index in [1.807, 2.05) is 0 Å². The topological polar surface area (TPSA) is 0 Å². The van der Waals surface area contributed by atoms with Crippen LogP contribution in [0.25, 0.3) is 0 Å². The van der Waals surface area contributed by atoms with Gasteiger partial charge in [0.25, 0.3) is 0 Å². The van der Waals surface area contributed by atoms with Gasteiger partial charge in [0, 0.05) is 5.02 Å². The van der Waals surface area contributed by atoms with E-state index in [0.29, 0.717) is 0 Å². The van der Waals surface area contributed by atoms with Crippen LogP contribution in [-0.2, 0) is 6.42 Å². The SMILES string of the molecule is CCCC1CCC(CCc2cc(Cl)c(C)cc2C)CC1. The van der Waals surface area contributed by atoms with Crippen molar-refractivity contribution >= 4 is 11.6 Å². The Balaban J connectivity index is 1.83. The summed E-state index contributed by atoms with van der Waals surface area (Å²) in [7, 11) is 0. The summed E-state index contributed by atoms with van der Waals surface area (Å²) in [6.45, 7) is 6.63. The summed E-state index contributed by atoms with van der Waals surface area (Å²) >= 11 is 6.26. The summed E-state index contributed by atoms with van der Waals surface area (Å²) in [4.78, 5) is 0. The fraction of sp³-hybridized carbons (Fsp3) is 0.684. The predicted octanol–water partition coefficient (Wildman–Crippen LogP) is 6.50. The monoisotopic (exact) mass is 292 g/mol. The van der Waals surface area contributed by atoms with Crippen molar-refractivity contribution in [2.45, 2.75) is 72.1 Å². The highest BCUT2D eigenvalue weighted by Gasteiger charge is 2.20. The molecule has 1 heteroatoms. The second-order valence-electron chi connectivity index (χ2n) is 6.74. The molecule has 0 radical (unpaired) electrons. The summed E-state index contributed by atoms with van der Waals surface area (Å²) in [6.07, 6.45) is 11.2. The van der Waals surface area contributed by atoms with Gasteiger partial charge in [-0.1, -0.05) is 63.1 Å². The normalized spacial score (nSPS) is 23.0. The van der Waals surface area contributed by atoms with E-state index in [2.05, 4.69) is 32.9 Å². The van der Waals surface area contributed by atoms with Crippen LogP contribution in [0, 0.1) is 25.7 Å². The molecule has 1 aromatic rings. The van der Waals surface area contributed by atoms with Gasteiger partial charge in [-0.15, -0.1) is 0 Å². The summed E-state index contributed by atoms with van der Waals surface area (Å²) in [5.41, 5.74) is 4.07. The van der Waals surface area contributed by atoms with Gasteiger partial charge >= 0.3 is 0 Å². The number of halogens is 1. The molecule has 1 aliphatic carbocycles. The van der Waals surface area contributed by atoms with E-state index in [0.717, 1.165) is 16.9 Å². The van der Waals surface area contributed by atoms with Crippen molar-refractivity contribution in [1.29, 1.82) is 0 Å². The first-order valence-electron chi connectivity index (χ1n) is 8.35. The largest absolute Gasteiger partial charge is 0.0840 e. The quantitative estimate of drug-likeness (QED) is 0.581. The van der Waals surface area contributed by atoms with Gasteiger partial charge < -0.3 is 0 Å². The smallest absolute Gasteiger partial charge is 0.0438 e. The zero-order valence-corrected chi connectivity index (χ0v) is 14.1. The van der Waals surface area contributed by atoms with E-state index in [1.54, 1.807) is 0 Å². The maximum Gasteiger partial charge on any atom is 0.0438 e. The highest BCUT2D eigenvalue weighted by atomic mass is 35.5. The molecule has 0 aliphatic heterocycles. The third-order valence-corrected chi connectivity index (χ3v) is 5.51. The maximum absolute atomic E-state index is 6.26. The van der Waals surface area contributed by atoms with Gasteiger partial charge in [-0.3, -0.25) is 0 Å². The molecule has 0 N–H and O–H groups in total. The van der Waals surface area contributed by atoms with Crippen LogP contribution >= 0.6 is 11.6 Å². The summed E-state index contributed by atoms with van der Waals surface area (Å²) in [5.74, 6) is 1.97. The summed E-state index contributed by atoms with van der Waals surface area (Å²) < 4.78 is 0. The van der Waals surface area contributed by atoms with E-state index in [9.17, 15) is 0 Å². The second-order valence-corrected chi connectivity index (χ2v) is 7.15. The standard InChI is InChI=1S/C19H29Cl/c1-4-5-16-6-8-17(9-7-16)10-11-18-13-19(20)15(3)12-14(18)2/h12-13,16-17H,4-11H2,1-3H3. The van der Waals surface area contributed by atoms with Crippen molar-refractivity contribution in [2.75, 3.05) is 0 Å². The average Bonchev–Trinajstić information content (AvgIpc) is 2.43. The lowest BCUT2D eigenvalue weighted by Gasteiger charge is -2.28. The fourth-order valence-electron chi connectivity index (χ4n) is 3.71. The van der Waals surface area contributed by atoms with Crippen LogP contribution in [0.5, 0.6) is 0 Å². The summed E-state index contributed by atoms with van der Waals surface area (Å²) in [6, 6.07) is 4.42. The zero-order valence-electron chi connectivity index (χ0n) is 13.3. The first-order valence-corrected chi connectivity index (χ1v) is 8.73. The van der Waals surface area contributed by atoms with Crippen molar-refractivity contribution in [3.63, 3.8) is 0 Å². The van der Waals surface area contributed by atoms with Gasteiger partial charge in [0.2, 0.25) is 0 Å². The van der Waals surface area contributed by atoms with Crippen molar-refractivity contribution in [1.82, 2.24) is 0 Å². The van der Waals surface area contributed by atoms with Crippen LogP contribution in [0.1, 0.15) is 68.6 Å². The second kappa shape index (κ2) is 7.50. The molecule has 0 unspecified atom stereocenters. The molecule has 0 amide bonds. The minimum Gasteiger partial charge on any atom is -0.0840 e. The Labute approximate surface area is 129 Å². The van der Waals surface area contributed by atoms with Crippen LogP contribution < -0.4 is 0 Å². The Morgan fingerprint density at radius 3 is 2.15 bits per heavy atom. The van der Waals surface area contributed by atoms with Gasteiger partial charge in [0.1, 0.15) is 0 Å². The van der Waals surface area contributed by atoms with Gasteiger partial charge in [0.15, 0.2) is 0 Å². The molecule has 1 aliphatic rings. The van der Waals surface area contributed by atoms with Gasteiger partial charge in [0.05, 0.1) is 0 Å². The van der Waals surface area contributed by atoms with Crippen LogP contribution in [0.3, 0.4) is 0 Å². The molecule has 0 atom stereocenters. The molecule has 0 bridgehead atoms. The molecule has 1 aromatic carbocycles. The Morgan fingerprint density at radius 1 is 0.950 bits per heavy atom. The molecule has 1 saturated carbocycles. The van der Waals surface area contributed by atoms with Crippen LogP contribution in [0.15, 0.2) is 12.1 Å². The number of hydrogen-bond acceptors (Lipinski definition) is 0. The summed E-state index contributed by atoms with van der Waals surface area (Å²) in [5, 5.41) is 0.928. The molecule has 0 aromatic heterocycles. The lowest BCUT2D eigenvalue weighted by molar-refractivity contribution is 0.252. The molecule has 20 heavy (non-hydrogen) atoms. The minimum absolute atomic E-state index is 0.928. The van der Waals surface area contributed by atoms with E-state index >= 15 is 0 Å². The average molecular weight is 293 g/mol. The fourth-order valence-corrected chi connectivity index (χ4v) is 3.90. The highest BCUT2D eigenvalue weighted by molar-refractivity contribution is 6.31. The van der Waals surface area contributed by atoms with E-state index in [1.165, 1.54) is 68.1 Å². The molecule has 0 saturated heterocycles. The van der Waals surface area contributed by atoms with E-state index in [-0.39, 0.29) is 0 Å². The molecular formula is C19H29Cl. The number of aryl methyl sites for hydroxylation is 3. The van der Waals surface area contributed by atoms with Crippen molar-refractivity contribution in [2.24, 2.45) is 11.8 Å². The van der Waals surface area contributed by atoms with Crippen LogP contribution in [-0.4, -0.2) is 0 Å². The Kier molecular flexibility index (Phi) is 5.96. The van der Waals surface area contributed by atoms with Crippen molar-refractivity contribution in [3.8, 4) is 0 Å². The Hall–Kier alpha value is -0.490. The lowest BCUT2D eigenvalue weighted by Crippen LogP contribution is -2.15. The number of hydrogen-bond donors (Lipinski definition) is 0. The number of rotatable bonds is 5. The van der Waals surface area contributed by atoms with E-state index < -0.39 is 0 Å². The van der Waals surface area contributed by atoms with Gasteiger partial charge in [-0.2, -0.15) is 0 Å². The Bertz CT molecular complexity index is 428.